The number of hydrogen-bond acceptors (Lipinski definition) is 5. The van der Waals surface area contributed by atoms with Crippen molar-refractivity contribution in [1.29, 1.82) is 5.26 Å². The van der Waals surface area contributed by atoms with E-state index >= 15 is 0 Å². The van der Waals surface area contributed by atoms with Crippen LogP contribution in [-0.4, -0.2) is 20.1 Å². The summed E-state index contributed by atoms with van der Waals surface area (Å²) >= 11 is 1.44. The predicted molar refractivity (Wildman–Crippen MR) is 81.1 cm³/mol. The number of nitrogens with zero attached hydrogens (tertiary/aromatic N) is 1. The summed E-state index contributed by atoms with van der Waals surface area (Å²) in [7, 11) is -3.61. The van der Waals surface area contributed by atoms with E-state index in [2.05, 4.69) is 4.72 Å². The van der Waals surface area contributed by atoms with Crippen LogP contribution in [0.5, 0.6) is 0 Å². The molecule has 0 amide bonds. The molecule has 0 saturated heterocycles. The first-order valence-corrected chi connectivity index (χ1v) is 8.77. The second-order valence-electron chi connectivity index (χ2n) is 4.45. The van der Waals surface area contributed by atoms with E-state index in [4.69, 9.17) is 5.26 Å². The molecule has 0 saturated carbocycles. The van der Waals surface area contributed by atoms with Crippen LogP contribution in [0.2, 0.25) is 0 Å². The van der Waals surface area contributed by atoms with Crippen LogP contribution in [0.25, 0.3) is 0 Å². The van der Waals surface area contributed by atoms with Gasteiger partial charge >= 0.3 is 0 Å². The average Bonchev–Trinajstić information content (AvgIpc) is 2.99. The number of nitrogens with one attached hydrogen (secondary N) is 1. The largest absolute Gasteiger partial charge is 0.387 e. The Hall–Kier alpha value is -1.72. The Balaban J connectivity index is 2.01. The Morgan fingerprint density at radius 3 is 2.76 bits per heavy atom. The molecule has 0 fully saturated rings. The van der Waals surface area contributed by atoms with Gasteiger partial charge in [0.15, 0.2) is 0 Å². The van der Waals surface area contributed by atoms with Crippen molar-refractivity contribution in [2.24, 2.45) is 0 Å². The zero-order valence-corrected chi connectivity index (χ0v) is 12.7. The molecular formula is C14H14N2O3S2. The molecule has 1 aromatic carbocycles. The van der Waals surface area contributed by atoms with Crippen LogP contribution in [0.1, 0.15) is 22.8 Å². The molecule has 110 valence electrons. The van der Waals surface area contributed by atoms with E-state index in [1.807, 2.05) is 11.4 Å². The molecule has 2 aromatic rings. The lowest BCUT2D eigenvalue weighted by Crippen LogP contribution is -2.29. The van der Waals surface area contributed by atoms with E-state index < -0.39 is 16.1 Å². The van der Waals surface area contributed by atoms with Gasteiger partial charge in [0, 0.05) is 6.54 Å². The number of nitriles is 1. The molecule has 1 unspecified atom stereocenters. The van der Waals surface area contributed by atoms with Gasteiger partial charge in [0.1, 0.15) is 0 Å². The topological polar surface area (TPSA) is 90.2 Å². The van der Waals surface area contributed by atoms with Crippen molar-refractivity contribution in [3.8, 4) is 6.07 Å². The van der Waals surface area contributed by atoms with Gasteiger partial charge in [-0.2, -0.15) is 16.6 Å². The number of aliphatic hydroxyl groups is 1. The number of rotatable bonds is 6. The molecule has 5 nitrogen and oxygen atoms in total. The van der Waals surface area contributed by atoms with Crippen molar-refractivity contribution in [3.05, 3.63) is 57.8 Å². The van der Waals surface area contributed by atoms with Crippen molar-refractivity contribution in [2.75, 3.05) is 6.54 Å². The van der Waals surface area contributed by atoms with E-state index in [1.165, 1.54) is 11.3 Å². The van der Waals surface area contributed by atoms with E-state index in [0.29, 0.717) is 16.7 Å². The second kappa shape index (κ2) is 6.83. The molecule has 2 N–H and O–H groups in total. The SMILES string of the molecule is N#Cc1ccccc1CS(=O)(=O)NCC(O)c1ccsc1. The molecule has 0 aliphatic heterocycles. The zero-order chi connectivity index (χ0) is 15.3. The van der Waals surface area contributed by atoms with E-state index in [0.717, 1.165) is 0 Å². The highest BCUT2D eigenvalue weighted by Crippen LogP contribution is 2.16. The Bertz CT molecular complexity index is 734. The van der Waals surface area contributed by atoms with Crippen LogP contribution >= 0.6 is 11.3 Å². The van der Waals surface area contributed by atoms with Crippen LogP contribution in [-0.2, 0) is 15.8 Å². The lowest BCUT2D eigenvalue weighted by atomic mass is 10.1. The summed E-state index contributed by atoms with van der Waals surface area (Å²) in [5.74, 6) is -0.285. The maximum atomic E-state index is 12.0. The zero-order valence-electron chi connectivity index (χ0n) is 11.1. The first-order chi connectivity index (χ1) is 10.0. The van der Waals surface area contributed by atoms with E-state index in [-0.39, 0.29) is 12.3 Å². The van der Waals surface area contributed by atoms with Gasteiger partial charge in [-0.15, -0.1) is 0 Å². The number of thiophene rings is 1. The third kappa shape index (κ3) is 4.37. The van der Waals surface area contributed by atoms with Crippen molar-refractivity contribution in [1.82, 2.24) is 4.72 Å². The average molecular weight is 322 g/mol. The molecular weight excluding hydrogens is 308 g/mol. The lowest BCUT2D eigenvalue weighted by Gasteiger charge is -2.11. The fourth-order valence-electron chi connectivity index (χ4n) is 1.80. The van der Waals surface area contributed by atoms with Gasteiger partial charge in [0.25, 0.3) is 0 Å². The fraction of sp³-hybridized carbons (Fsp3) is 0.214. The second-order valence-corrected chi connectivity index (χ2v) is 7.04. The van der Waals surface area contributed by atoms with Crippen LogP contribution < -0.4 is 4.72 Å². The minimum Gasteiger partial charge on any atom is -0.387 e. The Morgan fingerprint density at radius 1 is 1.33 bits per heavy atom. The van der Waals surface area contributed by atoms with Crippen molar-refractivity contribution in [3.63, 3.8) is 0 Å². The van der Waals surface area contributed by atoms with Gasteiger partial charge in [-0.25, -0.2) is 13.1 Å². The molecule has 0 radical (unpaired) electrons. The lowest BCUT2D eigenvalue weighted by molar-refractivity contribution is 0.182. The third-order valence-electron chi connectivity index (χ3n) is 2.91. The minimum atomic E-state index is -3.61. The highest BCUT2D eigenvalue weighted by molar-refractivity contribution is 7.88. The van der Waals surface area contributed by atoms with Crippen LogP contribution in [0.4, 0.5) is 0 Å². The van der Waals surface area contributed by atoms with Crippen molar-refractivity contribution < 1.29 is 13.5 Å². The highest BCUT2D eigenvalue weighted by atomic mass is 32.2. The van der Waals surface area contributed by atoms with Gasteiger partial charge in [-0.05, 0) is 34.0 Å². The summed E-state index contributed by atoms with van der Waals surface area (Å²) in [5.41, 5.74) is 1.46. The summed E-state index contributed by atoms with van der Waals surface area (Å²) in [4.78, 5) is 0. The van der Waals surface area contributed by atoms with Crippen molar-refractivity contribution >= 4 is 21.4 Å². The highest BCUT2D eigenvalue weighted by Gasteiger charge is 2.16. The first kappa shape index (κ1) is 15.7. The molecule has 1 atom stereocenters. The van der Waals surface area contributed by atoms with Gasteiger partial charge < -0.3 is 5.11 Å². The van der Waals surface area contributed by atoms with Gasteiger partial charge in [0.05, 0.1) is 23.5 Å². The predicted octanol–water partition coefficient (Wildman–Crippen LogP) is 1.77. The maximum Gasteiger partial charge on any atom is 0.215 e. The standard InChI is InChI=1S/C14H14N2O3S2/c15-7-11-3-1-2-4-13(11)10-21(18,19)16-8-14(17)12-5-6-20-9-12/h1-6,9,14,16-17H,8,10H2. The van der Waals surface area contributed by atoms with Crippen LogP contribution in [0, 0.1) is 11.3 Å². The number of aliphatic hydroxyl groups excluding tert-OH is 1. The van der Waals surface area contributed by atoms with Gasteiger partial charge in [0.2, 0.25) is 10.0 Å². The Labute approximate surface area is 127 Å². The molecule has 0 bridgehead atoms. The van der Waals surface area contributed by atoms with Crippen LogP contribution in [0.15, 0.2) is 41.1 Å². The fourth-order valence-corrected chi connectivity index (χ4v) is 3.68. The Morgan fingerprint density at radius 2 is 2.10 bits per heavy atom. The third-order valence-corrected chi connectivity index (χ3v) is 4.91. The molecule has 0 aliphatic rings. The summed E-state index contributed by atoms with van der Waals surface area (Å²) in [5, 5.41) is 22.4. The maximum absolute atomic E-state index is 12.0. The van der Waals surface area contributed by atoms with Crippen molar-refractivity contribution in [2.45, 2.75) is 11.9 Å². The number of sulfonamides is 1. The molecule has 1 aromatic heterocycles. The smallest absolute Gasteiger partial charge is 0.215 e. The van der Waals surface area contributed by atoms with E-state index in [1.54, 1.807) is 35.7 Å². The number of hydrogen-bond donors (Lipinski definition) is 2. The Kier molecular flexibility index (Phi) is 5.09. The van der Waals surface area contributed by atoms with Gasteiger partial charge in [-0.3, -0.25) is 0 Å². The molecule has 7 heteroatoms. The molecule has 2 rings (SSSR count). The van der Waals surface area contributed by atoms with E-state index in [9.17, 15) is 13.5 Å². The number of benzene rings is 1. The summed E-state index contributed by atoms with van der Waals surface area (Å²) in [6, 6.07) is 10.3. The summed E-state index contributed by atoms with van der Waals surface area (Å²) in [6.45, 7) is -0.0895. The summed E-state index contributed by atoms with van der Waals surface area (Å²) < 4.78 is 26.4. The molecule has 0 aliphatic carbocycles. The quantitative estimate of drug-likeness (QED) is 0.848. The first-order valence-electron chi connectivity index (χ1n) is 6.17. The van der Waals surface area contributed by atoms with Gasteiger partial charge in [-0.1, -0.05) is 18.2 Å². The minimum absolute atomic E-state index is 0.0895. The molecule has 21 heavy (non-hydrogen) atoms. The molecule has 1 heterocycles. The molecule has 0 spiro atoms. The normalized spacial score (nSPS) is 12.8. The van der Waals surface area contributed by atoms with Crippen LogP contribution in [0.3, 0.4) is 0 Å². The monoisotopic (exact) mass is 322 g/mol. The summed E-state index contributed by atoms with van der Waals surface area (Å²) in [6.07, 6.45) is -0.878.